The molecule has 460 valence electrons. The Balaban J connectivity index is 0.000000240. The number of carboxylic acid groups (broad SMARTS) is 1. The number of nitrogens with two attached hydrogens (primary N) is 1. The van der Waals surface area contributed by atoms with Crippen LogP contribution in [0.15, 0.2) is 72.8 Å². The number of rotatable bonds is 17. The number of amides is 3. The fourth-order valence-corrected chi connectivity index (χ4v) is 12.6. The smallest absolute Gasteiger partial charge is 0.410 e. The van der Waals surface area contributed by atoms with Gasteiger partial charge in [0.15, 0.2) is 0 Å². The zero-order valence-electron chi connectivity index (χ0n) is 51.3. The molecule has 17 nitrogen and oxygen atoms in total. The molecule has 4 aliphatic carbocycles. The maximum absolute atomic E-state index is 13.0. The minimum Gasteiger partial charge on any atom is -0.490 e. The van der Waals surface area contributed by atoms with Gasteiger partial charge in [0.25, 0.3) is 0 Å². The van der Waals surface area contributed by atoms with Gasteiger partial charge in [-0.05, 0) is 210 Å². The Kier molecular flexibility index (Phi) is 22.1. The number of carboxylic acids is 1. The molecule has 0 bridgehead atoms. The SMILES string of the molecule is CC(C)(C)OC(=O)N(CCC(=O)NS(=O)(=O)C1CC1)Cc1ccc2cc(OC3CCC(C(C)(C)C)CC3)ccc2c1.CC(C)(C)OC(=O)N(CCC(=O)O)Cc1ccc2cc(OC3CCC(C(C)(C)C)CC3)ccc2c1.NS(=O)(=O)C1CC1. The molecule has 0 spiro atoms. The summed E-state index contributed by atoms with van der Waals surface area (Å²) in [5.41, 5.74) is 1.14. The van der Waals surface area contributed by atoms with Crippen LogP contribution in [0.3, 0.4) is 0 Å². The number of sulfonamides is 2. The van der Waals surface area contributed by atoms with Crippen molar-refractivity contribution in [3.05, 3.63) is 83.9 Å². The van der Waals surface area contributed by atoms with Gasteiger partial charge in [-0.2, -0.15) is 0 Å². The van der Waals surface area contributed by atoms with Gasteiger partial charge in [-0.1, -0.05) is 77.9 Å². The summed E-state index contributed by atoms with van der Waals surface area (Å²) < 4.78 is 70.5. The molecule has 8 rings (SSSR count). The van der Waals surface area contributed by atoms with E-state index in [1.165, 1.54) is 35.5 Å². The highest BCUT2D eigenvalue weighted by Crippen LogP contribution is 2.41. The molecule has 0 saturated heterocycles. The highest BCUT2D eigenvalue weighted by atomic mass is 32.2. The molecule has 0 aromatic heterocycles. The largest absolute Gasteiger partial charge is 0.490 e. The molecule has 3 amide bonds. The van der Waals surface area contributed by atoms with Crippen molar-refractivity contribution in [2.75, 3.05) is 13.1 Å². The van der Waals surface area contributed by atoms with Crippen molar-refractivity contribution in [2.24, 2.45) is 27.8 Å². The van der Waals surface area contributed by atoms with Crippen LogP contribution in [-0.4, -0.2) is 103 Å². The van der Waals surface area contributed by atoms with Crippen molar-refractivity contribution >= 4 is 65.7 Å². The normalized spacial score (nSPS) is 19.7. The average Bonchev–Trinajstić information content (AvgIpc) is 4.45. The average molecular weight is 1190 g/mol. The van der Waals surface area contributed by atoms with E-state index in [4.69, 9.17) is 29.2 Å². The van der Waals surface area contributed by atoms with Gasteiger partial charge >= 0.3 is 18.2 Å². The lowest BCUT2D eigenvalue weighted by molar-refractivity contribution is -0.137. The van der Waals surface area contributed by atoms with Crippen LogP contribution >= 0.6 is 0 Å². The standard InChI is InChI=1S/C32H46N2O6S.C29H41NO5.C3H7NO2S/c1-31(2,3)25-10-13-26(14-11-25)39-27-12-9-23-19-22(7-8-24(23)20-27)21-34(30(36)40-32(4,5)6)18-17-29(35)33-41(37,38)28-15-16-28;1-28(2,3)23-10-13-24(14-11-23)34-25-12-9-21-17-20(7-8-22(21)18-25)19-30(16-15-26(31)32)27(33)35-29(4,5)6;4-7(5,6)3-1-2-3/h7-9,12,19-20,25-26,28H,10-11,13-18,21H2,1-6H3,(H,33,35);7-9,12,17-18,23-24H,10-11,13-16,19H2,1-6H3,(H,31,32);3H,1-2H2,(H2,4,5,6). The summed E-state index contributed by atoms with van der Waals surface area (Å²) in [6, 6.07) is 24.2. The zero-order chi connectivity index (χ0) is 61.3. The van der Waals surface area contributed by atoms with Gasteiger partial charge in [-0.15, -0.1) is 0 Å². The molecular weight excluding hydrogens is 1100 g/mol. The van der Waals surface area contributed by atoms with Gasteiger partial charge in [0.1, 0.15) is 22.7 Å². The Bertz CT molecular complexity index is 3100. The van der Waals surface area contributed by atoms with Crippen molar-refractivity contribution in [1.29, 1.82) is 0 Å². The van der Waals surface area contributed by atoms with E-state index in [9.17, 15) is 36.0 Å². The molecule has 0 unspecified atom stereocenters. The molecule has 0 radical (unpaired) electrons. The van der Waals surface area contributed by atoms with E-state index in [0.717, 1.165) is 94.5 Å². The van der Waals surface area contributed by atoms with Gasteiger partial charge < -0.3 is 33.9 Å². The molecule has 4 aromatic rings. The predicted molar refractivity (Wildman–Crippen MR) is 326 cm³/mol. The minimum atomic E-state index is -3.63. The van der Waals surface area contributed by atoms with Crippen molar-refractivity contribution in [1.82, 2.24) is 14.5 Å². The molecule has 0 heterocycles. The summed E-state index contributed by atoms with van der Waals surface area (Å²) in [6.07, 6.45) is 11.0. The second-order valence-electron chi connectivity index (χ2n) is 27.4. The molecule has 83 heavy (non-hydrogen) atoms. The van der Waals surface area contributed by atoms with Crippen LogP contribution in [0, 0.1) is 22.7 Å². The maximum Gasteiger partial charge on any atom is 0.410 e. The van der Waals surface area contributed by atoms with Crippen molar-refractivity contribution in [3.8, 4) is 11.5 Å². The van der Waals surface area contributed by atoms with Crippen molar-refractivity contribution < 1.29 is 60.1 Å². The third-order valence-corrected chi connectivity index (χ3v) is 18.9. The zero-order valence-corrected chi connectivity index (χ0v) is 52.9. The van der Waals surface area contributed by atoms with Crippen LogP contribution in [0.1, 0.15) is 184 Å². The predicted octanol–water partition coefficient (Wildman–Crippen LogP) is 13.0. The van der Waals surface area contributed by atoms with Crippen LogP contribution in [0.5, 0.6) is 11.5 Å². The molecule has 0 atom stereocenters. The number of hydrogen-bond donors (Lipinski definition) is 3. The Labute approximate surface area is 494 Å². The molecule has 0 aliphatic heterocycles. The van der Waals surface area contributed by atoms with Crippen molar-refractivity contribution in [3.63, 3.8) is 0 Å². The van der Waals surface area contributed by atoms with Gasteiger partial charge in [0.2, 0.25) is 26.0 Å². The second kappa shape index (κ2) is 27.6. The van der Waals surface area contributed by atoms with Gasteiger partial charge in [-0.25, -0.2) is 31.6 Å². The third-order valence-electron chi connectivity index (χ3n) is 15.6. The summed E-state index contributed by atoms with van der Waals surface area (Å²) in [6.45, 7) is 25.3. The van der Waals surface area contributed by atoms with E-state index in [0.29, 0.717) is 23.7 Å². The number of ether oxygens (including phenoxy) is 4. The first-order chi connectivity index (χ1) is 38.5. The van der Waals surface area contributed by atoms with Gasteiger partial charge in [0, 0.05) is 32.6 Å². The molecule has 4 aliphatic rings. The highest BCUT2D eigenvalue weighted by molar-refractivity contribution is 7.91. The first kappa shape index (κ1) is 66.5. The number of benzene rings is 4. The van der Waals surface area contributed by atoms with E-state index >= 15 is 0 Å². The number of primary sulfonamides is 1. The first-order valence-electron chi connectivity index (χ1n) is 29.6. The van der Waals surface area contributed by atoms with E-state index in [2.05, 4.69) is 58.4 Å². The summed E-state index contributed by atoms with van der Waals surface area (Å²) in [4.78, 5) is 52.0. The Morgan fingerprint density at radius 3 is 1.20 bits per heavy atom. The van der Waals surface area contributed by atoms with Gasteiger partial charge in [0.05, 0.1) is 29.1 Å². The molecular formula is C64H94N4O13S2. The number of nitrogens with zero attached hydrogens (tertiary/aromatic N) is 2. The Hall–Kier alpha value is -5.66. The van der Waals surface area contributed by atoms with Crippen LogP contribution in [0.25, 0.3) is 21.5 Å². The summed E-state index contributed by atoms with van der Waals surface area (Å²) in [5, 5.41) is 17.3. The van der Waals surface area contributed by atoms with E-state index < -0.39 is 60.6 Å². The van der Waals surface area contributed by atoms with Crippen LogP contribution in [0.2, 0.25) is 0 Å². The van der Waals surface area contributed by atoms with E-state index in [1.807, 2.05) is 60.7 Å². The van der Waals surface area contributed by atoms with Crippen LogP contribution < -0.4 is 19.3 Å². The highest BCUT2D eigenvalue weighted by Gasteiger charge is 2.37. The number of fused-ring (bicyclic) bond motifs is 2. The lowest BCUT2D eigenvalue weighted by Gasteiger charge is -2.37. The minimum absolute atomic E-state index is 0.0310. The monoisotopic (exact) mass is 1190 g/mol. The molecule has 4 N–H and O–H groups in total. The van der Waals surface area contributed by atoms with E-state index in [1.54, 1.807) is 41.5 Å². The lowest BCUT2D eigenvalue weighted by Crippen LogP contribution is -2.40. The Morgan fingerprint density at radius 1 is 0.518 bits per heavy atom. The molecule has 4 saturated carbocycles. The quantitative estimate of drug-likeness (QED) is 0.0893. The number of hydrogen-bond acceptors (Lipinski definition) is 12. The van der Waals surface area contributed by atoms with E-state index in [-0.39, 0.29) is 56.5 Å². The third kappa shape index (κ3) is 22.4. The maximum atomic E-state index is 13.0. The molecule has 4 fully saturated rings. The summed E-state index contributed by atoms with van der Waals surface area (Å²) >= 11 is 0. The van der Waals surface area contributed by atoms with Gasteiger partial charge in [-0.3, -0.25) is 14.3 Å². The number of carbonyl (C=O) groups excluding carboxylic acids is 3. The first-order valence-corrected chi connectivity index (χ1v) is 32.8. The number of nitrogens with one attached hydrogen (secondary N) is 1. The lowest BCUT2D eigenvalue weighted by atomic mass is 9.72. The Morgan fingerprint density at radius 2 is 0.880 bits per heavy atom. The molecule has 4 aromatic carbocycles. The molecule has 19 heteroatoms. The topological polar surface area (TPSA) is 238 Å². The fourth-order valence-electron chi connectivity index (χ4n) is 10.5. The number of aliphatic carboxylic acids is 1. The second-order valence-corrected chi connectivity index (χ2v) is 31.2. The fraction of sp³-hybridized carbons (Fsp3) is 0.625. The summed E-state index contributed by atoms with van der Waals surface area (Å²) in [5.74, 6) is 1.68. The van der Waals surface area contributed by atoms with Crippen molar-refractivity contribution in [2.45, 2.75) is 220 Å². The summed E-state index contributed by atoms with van der Waals surface area (Å²) in [7, 11) is -6.76. The van der Waals surface area contributed by atoms with Crippen LogP contribution in [0.4, 0.5) is 9.59 Å². The number of carbonyl (C=O) groups is 4. The van der Waals surface area contributed by atoms with Crippen LogP contribution in [-0.2, 0) is 52.2 Å².